The molecule has 2 saturated heterocycles. The van der Waals surface area contributed by atoms with Gasteiger partial charge in [0.1, 0.15) is 5.01 Å². The number of morpholine rings is 1. The van der Waals surface area contributed by atoms with Crippen LogP contribution in [0.4, 0.5) is 5.13 Å². The fourth-order valence-electron chi connectivity index (χ4n) is 5.41. The molecule has 0 N–H and O–H groups in total. The van der Waals surface area contributed by atoms with E-state index in [1.807, 2.05) is 7.11 Å². The Morgan fingerprint density at radius 3 is 2.85 bits per heavy atom. The number of aromatic nitrogens is 2. The number of hydrogen-bond donors (Lipinski definition) is 0. The zero-order chi connectivity index (χ0) is 18.7. The van der Waals surface area contributed by atoms with Crippen LogP contribution in [0.3, 0.4) is 0 Å². The topological polar surface area (TPSA) is 50.7 Å². The van der Waals surface area contributed by atoms with E-state index in [1.165, 1.54) is 30.7 Å². The molecular formula is C20H34N4O2S. The van der Waals surface area contributed by atoms with Crippen molar-refractivity contribution in [2.24, 2.45) is 11.3 Å². The summed E-state index contributed by atoms with van der Waals surface area (Å²) in [5, 5.41) is 11.2. The number of methoxy groups -OCH3 is 1. The number of ether oxygens (including phenoxy) is 2. The summed E-state index contributed by atoms with van der Waals surface area (Å²) in [4.78, 5) is 5.16. The molecule has 0 spiro atoms. The highest BCUT2D eigenvalue weighted by Crippen LogP contribution is 2.48. The van der Waals surface area contributed by atoms with Crippen LogP contribution in [-0.2, 0) is 15.9 Å². The summed E-state index contributed by atoms with van der Waals surface area (Å²) in [6, 6.07) is 0.730. The second kappa shape index (κ2) is 8.72. The third-order valence-electron chi connectivity index (χ3n) is 6.84. The number of rotatable bonds is 6. The van der Waals surface area contributed by atoms with Crippen molar-refractivity contribution in [1.29, 1.82) is 0 Å². The average Bonchev–Trinajstić information content (AvgIpc) is 3.17. The van der Waals surface area contributed by atoms with E-state index in [0.29, 0.717) is 0 Å². The van der Waals surface area contributed by atoms with Gasteiger partial charge in [0.05, 0.1) is 19.8 Å². The van der Waals surface area contributed by atoms with E-state index in [4.69, 9.17) is 9.47 Å². The first kappa shape index (κ1) is 19.6. The minimum Gasteiger partial charge on any atom is -0.384 e. The minimum absolute atomic E-state index is 0.270. The molecule has 3 heterocycles. The number of nitrogens with zero attached hydrogens (tertiary/aromatic N) is 4. The largest absolute Gasteiger partial charge is 0.384 e. The molecule has 0 radical (unpaired) electrons. The predicted octanol–water partition coefficient (Wildman–Crippen LogP) is 2.83. The van der Waals surface area contributed by atoms with Crippen LogP contribution in [0.1, 0.15) is 44.0 Å². The first-order chi connectivity index (χ1) is 13.2. The Labute approximate surface area is 167 Å². The monoisotopic (exact) mass is 394 g/mol. The van der Waals surface area contributed by atoms with Gasteiger partial charge in [-0.1, -0.05) is 18.3 Å². The first-order valence-corrected chi connectivity index (χ1v) is 11.4. The second-order valence-corrected chi connectivity index (χ2v) is 9.55. The minimum atomic E-state index is 0.270. The zero-order valence-corrected chi connectivity index (χ0v) is 17.7. The van der Waals surface area contributed by atoms with Crippen LogP contribution in [0.15, 0.2) is 0 Å². The summed E-state index contributed by atoms with van der Waals surface area (Å²) >= 11 is 1.78. The summed E-state index contributed by atoms with van der Waals surface area (Å²) in [5.41, 5.74) is 0.270. The molecule has 3 aliphatic rings. The van der Waals surface area contributed by atoms with Gasteiger partial charge in [0, 0.05) is 51.2 Å². The van der Waals surface area contributed by atoms with Crippen molar-refractivity contribution in [1.82, 2.24) is 15.1 Å². The fraction of sp³-hybridized carbons (Fsp3) is 0.900. The molecular weight excluding hydrogens is 360 g/mol. The number of piperidine rings is 1. The van der Waals surface area contributed by atoms with Crippen molar-refractivity contribution in [3.05, 3.63) is 5.01 Å². The summed E-state index contributed by atoms with van der Waals surface area (Å²) < 4.78 is 11.3. The fourth-order valence-corrected chi connectivity index (χ4v) is 6.37. The molecule has 1 aromatic heterocycles. The number of fused-ring (bicyclic) bond motifs is 1. The van der Waals surface area contributed by atoms with E-state index in [2.05, 4.69) is 26.9 Å². The van der Waals surface area contributed by atoms with Crippen LogP contribution in [0.25, 0.3) is 0 Å². The Hall–Kier alpha value is -0.760. The Morgan fingerprint density at radius 1 is 1.22 bits per heavy atom. The maximum Gasteiger partial charge on any atom is 0.208 e. The first-order valence-electron chi connectivity index (χ1n) is 10.6. The SMILES string of the molecule is CCCc1nnc(N2CC[C@@H]3C[C@H](N4CCOCC4)CC[C@@]3(COC)C2)s1. The van der Waals surface area contributed by atoms with Gasteiger partial charge >= 0.3 is 0 Å². The molecule has 7 heteroatoms. The van der Waals surface area contributed by atoms with Crippen LogP contribution in [0.5, 0.6) is 0 Å². The maximum atomic E-state index is 5.76. The lowest BCUT2D eigenvalue weighted by atomic mass is 9.62. The highest BCUT2D eigenvalue weighted by Gasteiger charge is 2.48. The van der Waals surface area contributed by atoms with Gasteiger partial charge in [-0.25, -0.2) is 0 Å². The lowest BCUT2D eigenvalue weighted by Gasteiger charge is -2.54. The van der Waals surface area contributed by atoms with Gasteiger partial charge in [0.15, 0.2) is 0 Å². The number of aryl methyl sites for hydroxylation is 1. The van der Waals surface area contributed by atoms with Crippen molar-refractivity contribution >= 4 is 16.5 Å². The van der Waals surface area contributed by atoms with Crippen molar-refractivity contribution in [2.45, 2.75) is 51.5 Å². The molecule has 0 aromatic carbocycles. The molecule has 0 unspecified atom stereocenters. The molecule has 0 bridgehead atoms. The van der Waals surface area contributed by atoms with Crippen LogP contribution in [-0.4, -0.2) is 74.2 Å². The lowest BCUT2D eigenvalue weighted by Crippen LogP contribution is -2.57. The molecule has 6 nitrogen and oxygen atoms in total. The van der Waals surface area contributed by atoms with Gasteiger partial charge in [-0.3, -0.25) is 4.90 Å². The van der Waals surface area contributed by atoms with Gasteiger partial charge in [-0.05, 0) is 38.0 Å². The Balaban J connectivity index is 1.45. The van der Waals surface area contributed by atoms with Gasteiger partial charge in [0.25, 0.3) is 0 Å². The zero-order valence-electron chi connectivity index (χ0n) is 16.9. The summed E-state index contributed by atoms with van der Waals surface area (Å²) in [7, 11) is 1.86. The van der Waals surface area contributed by atoms with Gasteiger partial charge < -0.3 is 14.4 Å². The average molecular weight is 395 g/mol. The summed E-state index contributed by atoms with van der Waals surface area (Å²) in [6.07, 6.45) is 7.27. The summed E-state index contributed by atoms with van der Waals surface area (Å²) in [6.45, 7) is 9.24. The smallest absolute Gasteiger partial charge is 0.208 e. The lowest BCUT2D eigenvalue weighted by molar-refractivity contribution is -0.0539. The van der Waals surface area contributed by atoms with Gasteiger partial charge in [0.2, 0.25) is 5.13 Å². The van der Waals surface area contributed by atoms with Crippen molar-refractivity contribution < 1.29 is 9.47 Å². The van der Waals surface area contributed by atoms with Crippen LogP contribution >= 0.6 is 11.3 Å². The van der Waals surface area contributed by atoms with Gasteiger partial charge in [-0.15, -0.1) is 10.2 Å². The highest BCUT2D eigenvalue weighted by molar-refractivity contribution is 7.15. The molecule has 2 aliphatic heterocycles. The Bertz CT molecular complexity index is 607. The maximum absolute atomic E-state index is 5.76. The van der Waals surface area contributed by atoms with Crippen LogP contribution in [0, 0.1) is 11.3 Å². The van der Waals surface area contributed by atoms with Crippen molar-refractivity contribution in [3.63, 3.8) is 0 Å². The third-order valence-corrected chi connectivity index (χ3v) is 7.88. The molecule has 27 heavy (non-hydrogen) atoms. The number of hydrogen-bond acceptors (Lipinski definition) is 7. The predicted molar refractivity (Wildman–Crippen MR) is 109 cm³/mol. The molecule has 1 aromatic rings. The normalized spacial score (nSPS) is 32.4. The third kappa shape index (κ3) is 4.16. The molecule has 1 saturated carbocycles. The molecule has 3 atom stereocenters. The van der Waals surface area contributed by atoms with E-state index in [9.17, 15) is 0 Å². The second-order valence-electron chi connectivity index (χ2n) is 8.51. The standard InChI is InChI=1S/C20H34N4O2S/c1-3-4-18-21-22-19(27-18)24-8-6-16-13-17(23-9-11-26-12-10-23)5-7-20(16,14-24)15-25-2/h16-17H,3-15H2,1-2H3/t16-,17-,20+/m1/s1. The van der Waals surface area contributed by atoms with Crippen LogP contribution in [0.2, 0.25) is 0 Å². The Morgan fingerprint density at radius 2 is 2.07 bits per heavy atom. The van der Waals surface area contributed by atoms with Crippen molar-refractivity contribution in [3.8, 4) is 0 Å². The van der Waals surface area contributed by atoms with Gasteiger partial charge in [-0.2, -0.15) is 0 Å². The quantitative estimate of drug-likeness (QED) is 0.740. The number of anilines is 1. The van der Waals surface area contributed by atoms with Crippen molar-refractivity contribution in [2.75, 3.05) is 58.0 Å². The molecule has 0 amide bonds. The highest BCUT2D eigenvalue weighted by atomic mass is 32.1. The van der Waals surface area contributed by atoms with E-state index in [0.717, 1.165) is 75.9 Å². The van der Waals surface area contributed by atoms with E-state index in [-0.39, 0.29) is 5.41 Å². The molecule has 3 fully saturated rings. The molecule has 152 valence electrons. The van der Waals surface area contributed by atoms with E-state index >= 15 is 0 Å². The molecule has 4 rings (SSSR count). The Kier molecular flexibility index (Phi) is 6.31. The van der Waals surface area contributed by atoms with Crippen LogP contribution < -0.4 is 4.90 Å². The molecule has 1 aliphatic carbocycles. The van der Waals surface area contributed by atoms with E-state index in [1.54, 1.807) is 11.3 Å². The van der Waals surface area contributed by atoms with E-state index < -0.39 is 0 Å². The summed E-state index contributed by atoms with van der Waals surface area (Å²) in [5.74, 6) is 0.748.